The molecule has 0 unspecified atom stereocenters. The van der Waals surface area contributed by atoms with Crippen LogP contribution in [0.25, 0.3) is 0 Å². The normalized spacial score (nSPS) is 11.9. The minimum atomic E-state index is -1.23. The molecule has 0 saturated carbocycles. The molecule has 0 aliphatic heterocycles. The average molecular weight is 252 g/mol. The highest BCUT2D eigenvalue weighted by Crippen LogP contribution is 2.22. The van der Waals surface area contributed by atoms with E-state index in [1.54, 1.807) is 0 Å². The summed E-state index contributed by atoms with van der Waals surface area (Å²) in [5.74, 6) is -1.99. The van der Waals surface area contributed by atoms with Crippen LogP contribution in [-0.2, 0) is 4.79 Å². The second-order valence-electron chi connectivity index (χ2n) is 3.92. The number of aromatic hydroxyl groups is 1. The van der Waals surface area contributed by atoms with Crippen LogP contribution in [0.15, 0.2) is 18.2 Å². The average Bonchev–Trinajstić information content (AvgIpc) is 2.28. The maximum atomic E-state index is 11.6. The first kappa shape index (κ1) is 14.0. The van der Waals surface area contributed by atoms with Gasteiger partial charge in [0, 0.05) is 11.8 Å². The molecule has 0 heterocycles. The predicted molar refractivity (Wildman–Crippen MR) is 66.6 cm³/mol. The van der Waals surface area contributed by atoms with Gasteiger partial charge in [-0.25, -0.2) is 4.79 Å². The summed E-state index contributed by atoms with van der Waals surface area (Å²) in [7, 11) is 0. The van der Waals surface area contributed by atoms with Crippen molar-refractivity contribution in [3.8, 4) is 5.75 Å². The van der Waals surface area contributed by atoms with Gasteiger partial charge in [0.1, 0.15) is 11.3 Å². The third kappa shape index (κ3) is 3.46. The molecule has 0 aliphatic carbocycles. The van der Waals surface area contributed by atoms with Crippen molar-refractivity contribution in [3.05, 3.63) is 23.8 Å². The van der Waals surface area contributed by atoms with E-state index in [9.17, 15) is 14.7 Å². The number of nitrogens with two attached hydrogens (primary N) is 1. The number of nitrogens with one attached hydrogen (secondary N) is 1. The third-order valence-electron chi connectivity index (χ3n) is 2.43. The zero-order chi connectivity index (χ0) is 13.7. The molecule has 0 spiro atoms. The number of benzene rings is 1. The van der Waals surface area contributed by atoms with Gasteiger partial charge in [-0.15, -0.1) is 0 Å². The number of aromatic carboxylic acids is 1. The summed E-state index contributed by atoms with van der Waals surface area (Å²) in [6, 6.07) is 3.19. The largest absolute Gasteiger partial charge is 0.507 e. The highest BCUT2D eigenvalue weighted by molar-refractivity contribution is 5.96. The molecule has 0 radical (unpaired) electrons. The second kappa shape index (κ2) is 6.02. The predicted octanol–water partition coefficient (Wildman–Crippen LogP) is 1.16. The van der Waals surface area contributed by atoms with Gasteiger partial charge in [0.15, 0.2) is 0 Å². The van der Waals surface area contributed by atoms with E-state index in [2.05, 4.69) is 5.32 Å². The zero-order valence-corrected chi connectivity index (χ0v) is 10.0. The minimum Gasteiger partial charge on any atom is -0.507 e. The van der Waals surface area contributed by atoms with Crippen molar-refractivity contribution in [1.29, 1.82) is 0 Å². The fourth-order valence-corrected chi connectivity index (χ4v) is 1.47. The highest BCUT2D eigenvalue weighted by Gasteiger charge is 2.14. The van der Waals surface area contributed by atoms with E-state index in [1.165, 1.54) is 18.2 Å². The van der Waals surface area contributed by atoms with Crippen molar-refractivity contribution < 1.29 is 19.8 Å². The van der Waals surface area contributed by atoms with Crippen molar-refractivity contribution in [3.63, 3.8) is 0 Å². The van der Waals surface area contributed by atoms with E-state index >= 15 is 0 Å². The second-order valence-corrected chi connectivity index (χ2v) is 3.92. The topological polar surface area (TPSA) is 113 Å². The number of phenols is 1. The van der Waals surface area contributed by atoms with Crippen molar-refractivity contribution >= 4 is 17.6 Å². The molecule has 6 heteroatoms. The summed E-state index contributed by atoms with van der Waals surface area (Å²) in [5, 5.41) is 20.7. The van der Waals surface area contributed by atoms with Crippen LogP contribution in [0.2, 0.25) is 0 Å². The summed E-state index contributed by atoms with van der Waals surface area (Å²) in [5.41, 5.74) is 5.72. The highest BCUT2D eigenvalue weighted by atomic mass is 16.4. The molecular weight excluding hydrogens is 236 g/mol. The SMILES string of the molecule is CCC[C@@H](N)C(=O)Nc1ccc(C(=O)O)c(O)c1. The summed E-state index contributed by atoms with van der Waals surface area (Å²) < 4.78 is 0. The first-order chi connectivity index (χ1) is 8.45. The van der Waals surface area contributed by atoms with Crippen LogP contribution < -0.4 is 11.1 Å². The standard InChI is InChI=1S/C12H16N2O4/c1-2-3-9(13)11(16)14-7-4-5-8(12(17)18)10(15)6-7/h4-6,9,15H,2-3,13H2,1H3,(H,14,16)(H,17,18)/t9-/m1/s1. The molecule has 1 aromatic rings. The molecule has 0 bridgehead atoms. The number of carboxylic acid groups (broad SMARTS) is 1. The summed E-state index contributed by atoms with van der Waals surface area (Å²) in [6.07, 6.45) is 1.35. The Morgan fingerprint density at radius 1 is 1.44 bits per heavy atom. The summed E-state index contributed by atoms with van der Waals surface area (Å²) >= 11 is 0. The fourth-order valence-electron chi connectivity index (χ4n) is 1.47. The third-order valence-corrected chi connectivity index (χ3v) is 2.43. The van der Waals surface area contributed by atoms with Crippen molar-refractivity contribution in [1.82, 2.24) is 0 Å². The molecule has 98 valence electrons. The van der Waals surface area contributed by atoms with Gasteiger partial charge < -0.3 is 21.3 Å². The molecule has 1 rings (SSSR count). The Balaban J connectivity index is 2.77. The smallest absolute Gasteiger partial charge is 0.339 e. The molecule has 1 atom stereocenters. The molecule has 6 nitrogen and oxygen atoms in total. The number of carbonyl (C=O) groups excluding carboxylic acids is 1. The minimum absolute atomic E-state index is 0.217. The van der Waals surface area contributed by atoms with Crippen LogP contribution in [0.5, 0.6) is 5.75 Å². The first-order valence-electron chi connectivity index (χ1n) is 5.58. The first-order valence-corrected chi connectivity index (χ1v) is 5.58. The Labute approximate surface area is 104 Å². The van der Waals surface area contributed by atoms with Gasteiger partial charge in [0.05, 0.1) is 6.04 Å². The van der Waals surface area contributed by atoms with Gasteiger partial charge >= 0.3 is 5.97 Å². The van der Waals surface area contributed by atoms with Gasteiger partial charge in [-0.05, 0) is 18.6 Å². The molecule has 5 N–H and O–H groups in total. The van der Waals surface area contributed by atoms with E-state index in [1.807, 2.05) is 6.92 Å². The maximum absolute atomic E-state index is 11.6. The lowest BCUT2D eigenvalue weighted by Crippen LogP contribution is -2.35. The molecule has 0 saturated heterocycles. The Morgan fingerprint density at radius 2 is 2.11 bits per heavy atom. The van der Waals surface area contributed by atoms with Gasteiger partial charge in [0.2, 0.25) is 5.91 Å². The molecule has 0 aliphatic rings. The number of carboxylic acids is 1. The Hall–Kier alpha value is -2.08. The van der Waals surface area contributed by atoms with E-state index < -0.39 is 17.8 Å². The molecule has 1 aromatic carbocycles. The van der Waals surface area contributed by atoms with Crippen molar-refractivity contribution in [2.75, 3.05) is 5.32 Å². The summed E-state index contributed by atoms with van der Waals surface area (Å²) in [6.45, 7) is 1.92. The maximum Gasteiger partial charge on any atom is 0.339 e. The number of anilines is 1. The Morgan fingerprint density at radius 3 is 2.61 bits per heavy atom. The van der Waals surface area contributed by atoms with Crippen LogP contribution in [-0.4, -0.2) is 28.1 Å². The lowest BCUT2D eigenvalue weighted by molar-refractivity contribution is -0.117. The molecule has 1 amide bonds. The van der Waals surface area contributed by atoms with Crippen LogP contribution in [0.4, 0.5) is 5.69 Å². The van der Waals surface area contributed by atoms with Crippen LogP contribution in [0.1, 0.15) is 30.1 Å². The Bertz CT molecular complexity index is 459. The molecular formula is C12H16N2O4. The van der Waals surface area contributed by atoms with E-state index in [4.69, 9.17) is 10.8 Å². The van der Waals surface area contributed by atoms with E-state index in [-0.39, 0.29) is 11.5 Å². The van der Waals surface area contributed by atoms with Crippen LogP contribution >= 0.6 is 0 Å². The van der Waals surface area contributed by atoms with Gasteiger partial charge in [0.25, 0.3) is 0 Å². The molecule has 0 fully saturated rings. The fraction of sp³-hybridized carbons (Fsp3) is 0.333. The monoisotopic (exact) mass is 252 g/mol. The van der Waals surface area contributed by atoms with Crippen molar-refractivity contribution in [2.24, 2.45) is 5.73 Å². The number of carbonyl (C=O) groups is 2. The van der Waals surface area contributed by atoms with Crippen LogP contribution in [0.3, 0.4) is 0 Å². The number of amides is 1. The molecule has 18 heavy (non-hydrogen) atoms. The summed E-state index contributed by atoms with van der Waals surface area (Å²) in [4.78, 5) is 22.3. The van der Waals surface area contributed by atoms with E-state index in [0.29, 0.717) is 12.1 Å². The van der Waals surface area contributed by atoms with Gasteiger partial charge in [-0.3, -0.25) is 4.79 Å². The van der Waals surface area contributed by atoms with Gasteiger partial charge in [-0.2, -0.15) is 0 Å². The number of hydrogen-bond acceptors (Lipinski definition) is 4. The lowest BCUT2D eigenvalue weighted by atomic mass is 10.1. The van der Waals surface area contributed by atoms with E-state index in [0.717, 1.165) is 6.42 Å². The van der Waals surface area contributed by atoms with Crippen LogP contribution in [0, 0.1) is 0 Å². The van der Waals surface area contributed by atoms with Crippen molar-refractivity contribution in [2.45, 2.75) is 25.8 Å². The van der Waals surface area contributed by atoms with Gasteiger partial charge in [-0.1, -0.05) is 13.3 Å². The number of rotatable bonds is 5. The number of hydrogen-bond donors (Lipinski definition) is 4. The molecule has 0 aromatic heterocycles. The lowest BCUT2D eigenvalue weighted by Gasteiger charge is -2.11. The quantitative estimate of drug-likeness (QED) is 0.628. The zero-order valence-electron chi connectivity index (χ0n) is 10.0. The Kier molecular flexibility index (Phi) is 4.67.